The SMILES string of the molecule is C[C@@H]1COC(c2cc(Cl)cc(C3=N[C@H](C)CO3)n2)=N1. The van der Waals surface area contributed by atoms with Gasteiger partial charge in [0.2, 0.25) is 11.8 Å². The smallest absolute Gasteiger partial charge is 0.235 e. The molecule has 2 aliphatic heterocycles. The average molecular weight is 280 g/mol. The number of nitrogens with zero attached hydrogens (tertiary/aromatic N) is 3. The van der Waals surface area contributed by atoms with Crippen LogP contribution in [-0.2, 0) is 9.47 Å². The number of pyridine rings is 1. The van der Waals surface area contributed by atoms with Crippen molar-refractivity contribution in [1.29, 1.82) is 0 Å². The van der Waals surface area contributed by atoms with Crippen LogP contribution in [0.5, 0.6) is 0 Å². The number of hydrogen-bond donors (Lipinski definition) is 0. The highest BCUT2D eigenvalue weighted by Gasteiger charge is 2.22. The van der Waals surface area contributed by atoms with Crippen LogP contribution in [-0.4, -0.2) is 42.1 Å². The van der Waals surface area contributed by atoms with E-state index in [1.165, 1.54) is 0 Å². The second-order valence-electron chi connectivity index (χ2n) is 4.74. The Morgan fingerprint density at radius 3 is 1.84 bits per heavy atom. The van der Waals surface area contributed by atoms with Crippen molar-refractivity contribution in [3.05, 3.63) is 28.5 Å². The molecular formula is C13H14ClN3O2. The van der Waals surface area contributed by atoms with E-state index in [1.807, 2.05) is 13.8 Å². The molecule has 19 heavy (non-hydrogen) atoms. The number of hydrogen-bond acceptors (Lipinski definition) is 5. The maximum Gasteiger partial charge on any atom is 0.235 e. The number of aromatic nitrogens is 1. The predicted octanol–water partition coefficient (Wildman–Crippen LogP) is 2.07. The van der Waals surface area contributed by atoms with E-state index in [0.717, 1.165) is 0 Å². The third-order valence-electron chi connectivity index (χ3n) is 2.83. The van der Waals surface area contributed by atoms with E-state index in [4.69, 9.17) is 21.1 Å². The molecule has 0 N–H and O–H groups in total. The predicted molar refractivity (Wildman–Crippen MR) is 73.1 cm³/mol. The topological polar surface area (TPSA) is 56.1 Å². The van der Waals surface area contributed by atoms with Gasteiger partial charge in [0.25, 0.3) is 0 Å². The molecule has 0 bridgehead atoms. The van der Waals surface area contributed by atoms with E-state index < -0.39 is 0 Å². The van der Waals surface area contributed by atoms with Gasteiger partial charge < -0.3 is 9.47 Å². The maximum atomic E-state index is 6.12. The first-order valence-corrected chi connectivity index (χ1v) is 6.59. The van der Waals surface area contributed by atoms with E-state index in [2.05, 4.69) is 15.0 Å². The van der Waals surface area contributed by atoms with Crippen LogP contribution in [0.25, 0.3) is 0 Å². The van der Waals surface area contributed by atoms with Gasteiger partial charge in [-0.05, 0) is 26.0 Å². The Morgan fingerprint density at radius 1 is 1.00 bits per heavy atom. The fourth-order valence-electron chi connectivity index (χ4n) is 1.94. The number of halogens is 1. The van der Waals surface area contributed by atoms with Crippen molar-refractivity contribution in [1.82, 2.24) is 4.98 Å². The molecule has 2 aliphatic rings. The maximum absolute atomic E-state index is 6.12. The summed E-state index contributed by atoms with van der Waals surface area (Å²) in [4.78, 5) is 13.2. The van der Waals surface area contributed by atoms with Crippen molar-refractivity contribution in [3.8, 4) is 0 Å². The van der Waals surface area contributed by atoms with Crippen LogP contribution < -0.4 is 0 Å². The Bertz CT molecular complexity index is 525. The summed E-state index contributed by atoms with van der Waals surface area (Å²) in [6.07, 6.45) is 0. The standard InChI is InChI=1S/C13H14ClN3O2/c1-7-5-18-12(15-7)10-3-9(14)4-11(17-10)13-16-8(2)6-19-13/h3-4,7-8H,5-6H2,1-2H3/t7-,8-/m1/s1. The second-order valence-corrected chi connectivity index (χ2v) is 5.18. The number of ether oxygens (including phenoxy) is 2. The van der Waals surface area contributed by atoms with Crippen molar-refractivity contribution in [2.24, 2.45) is 9.98 Å². The monoisotopic (exact) mass is 279 g/mol. The normalized spacial score (nSPS) is 25.6. The third kappa shape index (κ3) is 2.56. The van der Waals surface area contributed by atoms with Gasteiger partial charge in [-0.15, -0.1) is 0 Å². The first kappa shape index (κ1) is 12.4. The molecule has 0 saturated carbocycles. The molecule has 0 saturated heterocycles. The Morgan fingerprint density at radius 2 is 1.47 bits per heavy atom. The molecule has 1 aromatic rings. The minimum atomic E-state index is 0.152. The molecule has 1 aromatic heterocycles. The Balaban J connectivity index is 1.97. The summed E-state index contributed by atoms with van der Waals surface area (Å²) in [7, 11) is 0. The first-order chi connectivity index (χ1) is 9.11. The Kier molecular flexibility index (Phi) is 3.14. The zero-order chi connectivity index (χ0) is 13.4. The first-order valence-electron chi connectivity index (χ1n) is 6.21. The van der Waals surface area contributed by atoms with Crippen LogP contribution in [0.1, 0.15) is 25.2 Å². The molecule has 2 atom stereocenters. The lowest BCUT2D eigenvalue weighted by Gasteiger charge is -2.05. The van der Waals surface area contributed by atoms with Crippen LogP contribution in [0.2, 0.25) is 5.02 Å². The Hall–Kier alpha value is -1.62. The lowest BCUT2D eigenvalue weighted by molar-refractivity contribution is 0.321. The molecule has 3 rings (SSSR count). The molecule has 5 nitrogen and oxygen atoms in total. The summed E-state index contributed by atoms with van der Waals surface area (Å²) in [6.45, 7) is 5.13. The third-order valence-corrected chi connectivity index (χ3v) is 3.04. The van der Waals surface area contributed by atoms with Crippen LogP contribution >= 0.6 is 11.6 Å². The summed E-state index contributed by atoms with van der Waals surface area (Å²) in [6, 6.07) is 3.78. The van der Waals surface area contributed by atoms with Crippen LogP contribution in [0.4, 0.5) is 0 Å². The number of aliphatic imine (C=N–C) groups is 2. The minimum absolute atomic E-state index is 0.152. The lowest BCUT2D eigenvalue weighted by atomic mass is 10.3. The van der Waals surface area contributed by atoms with Crippen LogP contribution in [0.3, 0.4) is 0 Å². The van der Waals surface area contributed by atoms with Gasteiger partial charge in [-0.1, -0.05) is 11.6 Å². The molecule has 6 heteroatoms. The van der Waals surface area contributed by atoms with Crippen molar-refractivity contribution >= 4 is 23.4 Å². The summed E-state index contributed by atoms with van der Waals surface area (Å²) >= 11 is 6.12. The summed E-state index contributed by atoms with van der Waals surface area (Å²) in [5.74, 6) is 1.06. The lowest BCUT2D eigenvalue weighted by Crippen LogP contribution is -2.10. The second kappa shape index (κ2) is 4.81. The fraction of sp³-hybridized carbons (Fsp3) is 0.462. The molecule has 0 aromatic carbocycles. The quantitative estimate of drug-likeness (QED) is 0.833. The molecule has 0 radical (unpaired) electrons. The van der Waals surface area contributed by atoms with Gasteiger partial charge >= 0.3 is 0 Å². The molecule has 3 heterocycles. The van der Waals surface area contributed by atoms with Gasteiger partial charge in [0, 0.05) is 5.02 Å². The van der Waals surface area contributed by atoms with Crippen molar-refractivity contribution in [2.75, 3.05) is 13.2 Å². The molecule has 0 fully saturated rings. The molecular weight excluding hydrogens is 266 g/mol. The van der Waals surface area contributed by atoms with Crippen molar-refractivity contribution in [2.45, 2.75) is 25.9 Å². The number of rotatable bonds is 2. The highest BCUT2D eigenvalue weighted by atomic mass is 35.5. The van der Waals surface area contributed by atoms with E-state index in [-0.39, 0.29) is 12.1 Å². The van der Waals surface area contributed by atoms with E-state index >= 15 is 0 Å². The average Bonchev–Trinajstić information content (AvgIpc) is 2.97. The van der Waals surface area contributed by atoms with Gasteiger partial charge in [0.05, 0.1) is 12.1 Å². The summed E-state index contributed by atoms with van der Waals surface area (Å²) < 4.78 is 11.0. The Labute approximate surface area is 116 Å². The highest BCUT2D eigenvalue weighted by molar-refractivity contribution is 6.31. The van der Waals surface area contributed by atoms with Gasteiger partial charge in [-0.2, -0.15) is 0 Å². The summed E-state index contributed by atoms with van der Waals surface area (Å²) in [5, 5.41) is 0.566. The van der Waals surface area contributed by atoms with Gasteiger partial charge in [-0.3, -0.25) is 0 Å². The minimum Gasteiger partial charge on any atom is -0.474 e. The summed E-state index contributed by atoms with van der Waals surface area (Å²) in [5.41, 5.74) is 1.25. The van der Waals surface area contributed by atoms with Crippen molar-refractivity contribution in [3.63, 3.8) is 0 Å². The van der Waals surface area contributed by atoms with E-state index in [0.29, 0.717) is 41.4 Å². The molecule has 100 valence electrons. The van der Waals surface area contributed by atoms with Gasteiger partial charge in [-0.25, -0.2) is 15.0 Å². The van der Waals surface area contributed by atoms with Gasteiger partial charge in [0.1, 0.15) is 24.6 Å². The fourth-order valence-corrected chi connectivity index (χ4v) is 2.15. The molecule has 0 aliphatic carbocycles. The zero-order valence-corrected chi connectivity index (χ0v) is 11.5. The largest absolute Gasteiger partial charge is 0.474 e. The zero-order valence-electron chi connectivity index (χ0n) is 10.8. The highest BCUT2D eigenvalue weighted by Crippen LogP contribution is 2.19. The molecule has 0 unspecified atom stereocenters. The van der Waals surface area contributed by atoms with Crippen LogP contribution in [0.15, 0.2) is 22.1 Å². The molecule has 0 amide bonds. The van der Waals surface area contributed by atoms with Gasteiger partial charge in [0.15, 0.2) is 0 Å². The van der Waals surface area contributed by atoms with Crippen LogP contribution in [0, 0.1) is 0 Å². The van der Waals surface area contributed by atoms with E-state index in [9.17, 15) is 0 Å². The van der Waals surface area contributed by atoms with E-state index in [1.54, 1.807) is 12.1 Å². The molecule has 0 spiro atoms. The van der Waals surface area contributed by atoms with Crippen molar-refractivity contribution < 1.29 is 9.47 Å².